The van der Waals surface area contributed by atoms with E-state index in [1.165, 1.54) is 13.0 Å². The monoisotopic (exact) mass is 264 g/mol. The molecule has 2 heterocycles. The van der Waals surface area contributed by atoms with Crippen molar-refractivity contribution in [3.05, 3.63) is 29.6 Å². The van der Waals surface area contributed by atoms with Crippen molar-refractivity contribution in [2.24, 2.45) is 10.9 Å². The molecule has 18 heavy (non-hydrogen) atoms. The molecule has 7 heteroatoms. The first-order valence-corrected chi connectivity index (χ1v) is 5.20. The Bertz CT molecular complexity index is 492. The minimum atomic E-state index is -4.78. The Morgan fingerprint density at radius 1 is 1.33 bits per heavy atom. The lowest BCUT2D eigenvalue weighted by atomic mass is 9.97. The third-order valence-electron chi connectivity index (χ3n) is 2.79. The van der Waals surface area contributed by atoms with Crippen LogP contribution < -0.4 is 0 Å². The molecule has 1 aromatic heterocycles. The van der Waals surface area contributed by atoms with E-state index in [1.807, 2.05) is 0 Å². The molecule has 1 atom stereocenters. The molecule has 98 valence electrons. The minimum absolute atomic E-state index is 0.186. The van der Waals surface area contributed by atoms with Crippen molar-refractivity contribution in [2.75, 3.05) is 6.54 Å². The highest BCUT2D eigenvalue weighted by Crippen LogP contribution is 2.38. The van der Waals surface area contributed by atoms with Gasteiger partial charge in [0.05, 0.1) is 0 Å². The summed E-state index contributed by atoms with van der Waals surface area (Å²) in [6, 6.07) is 2.16. The van der Waals surface area contributed by atoms with Crippen LogP contribution in [0.4, 0.5) is 22.0 Å². The van der Waals surface area contributed by atoms with Crippen LogP contribution in [0.3, 0.4) is 0 Å². The fourth-order valence-electron chi connectivity index (χ4n) is 1.77. The number of rotatable bonds is 1. The summed E-state index contributed by atoms with van der Waals surface area (Å²) in [4.78, 5) is 6.69. The number of aliphatic imine (C=N–C) groups is 1. The zero-order valence-electron chi connectivity index (χ0n) is 9.30. The van der Waals surface area contributed by atoms with Crippen LogP contribution in [0.25, 0.3) is 0 Å². The van der Waals surface area contributed by atoms with Crippen molar-refractivity contribution in [2.45, 2.75) is 19.0 Å². The van der Waals surface area contributed by atoms with Gasteiger partial charge in [0.25, 0.3) is 5.92 Å². The van der Waals surface area contributed by atoms with Crippen LogP contribution in [0, 0.1) is 5.92 Å². The van der Waals surface area contributed by atoms with Gasteiger partial charge in [0.2, 0.25) is 0 Å². The molecular formula is C11H9F5N2. The van der Waals surface area contributed by atoms with Gasteiger partial charge in [-0.2, -0.15) is 22.0 Å². The summed E-state index contributed by atoms with van der Waals surface area (Å²) in [5.74, 6) is -4.46. The summed E-state index contributed by atoms with van der Waals surface area (Å²) in [6.07, 6.45) is -3.86. The molecule has 1 unspecified atom stereocenters. The highest BCUT2D eigenvalue weighted by molar-refractivity contribution is 6.07. The van der Waals surface area contributed by atoms with Crippen molar-refractivity contribution < 1.29 is 22.0 Å². The fourth-order valence-corrected chi connectivity index (χ4v) is 1.77. The topological polar surface area (TPSA) is 25.2 Å². The van der Waals surface area contributed by atoms with Crippen molar-refractivity contribution in [3.63, 3.8) is 0 Å². The van der Waals surface area contributed by atoms with Gasteiger partial charge in [-0.05, 0) is 12.1 Å². The normalized spacial score (nSPS) is 23.0. The molecular weight excluding hydrogens is 255 g/mol. The van der Waals surface area contributed by atoms with E-state index in [0.717, 1.165) is 12.3 Å². The first-order valence-electron chi connectivity index (χ1n) is 5.20. The van der Waals surface area contributed by atoms with Gasteiger partial charge in [-0.15, -0.1) is 0 Å². The number of hydrogen-bond acceptors (Lipinski definition) is 2. The summed E-state index contributed by atoms with van der Waals surface area (Å²) < 4.78 is 65.5. The summed E-state index contributed by atoms with van der Waals surface area (Å²) >= 11 is 0. The molecule has 1 aliphatic rings. The van der Waals surface area contributed by atoms with Gasteiger partial charge in [-0.25, -0.2) is 0 Å². The molecule has 0 aromatic carbocycles. The minimum Gasteiger partial charge on any atom is -0.282 e. The van der Waals surface area contributed by atoms with Gasteiger partial charge in [-0.1, -0.05) is 6.92 Å². The van der Waals surface area contributed by atoms with E-state index >= 15 is 0 Å². The van der Waals surface area contributed by atoms with E-state index in [-0.39, 0.29) is 6.54 Å². The second-order valence-corrected chi connectivity index (χ2v) is 4.11. The van der Waals surface area contributed by atoms with Crippen LogP contribution in [0.5, 0.6) is 0 Å². The third-order valence-corrected chi connectivity index (χ3v) is 2.79. The number of halogens is 5. The number of hydrogen-bond donors (Lipinski definition) is 0. The Labute approximate surface area is 99.6 Å². The number of pyridine rings is 1. The SMILES string of the molecule is CC1CN=C(c2cccnc2C(F)(F)F)C1(F)F. The maximum atomic E-state index is 13.7. The predicted octanol–water partition coefficient (Wildman–Crippen LogP) is 3.17. The molecule has 0 saturated heterocycles. The molecule has 2 rings (SSSR count). The second kappa shape index (κ2) is 4.00. The van der Waals surface area contributed by atoms with Gasteiger partial charge in [0.15, 0.2) is 5.69 Å². The van der Waals surface area contributed by atoms with Gasteiger partial charge in [0, 0.05) is 24.2 Å². The average molecular weight is 264 g/mol. The Morgan fingerprint density at radius 3 is 2.50 bits per heavy atom. The lowest BCUT2D eigenvalue weighted by Crippen LogP contribution is -2.33. The van der Waals surface area contributed by atoms with Crippen molar-refractivity contribution in [3.8, 4) is 0 Å². The summed E-state index contributed by atoms with van der Waals surface area (Å²) in [5.41, 5.74) is -2.78. The smallest absolute Gasteiger partial charge is 0.282 e. The van der Waals surface area contributed by atoms with Crippen LogP contribution in [-0.2, 0) is 6.18 Å². The molecule has 1 aromatic rings. The lowest BCUT2D eigenvalue weighted by Gasteiger charge is -2.19. The summed E-state index contributed by atoms with van der Waals surface area (Å²) in [6.45, 7) is 1.06. The molecule has 1 aliphatic heterocycles. The van der Waals surface area contributed by atoms with Crippen LogP contribution in [0.2, 0.25) is 0 Å². The van der Waals surface area contributed by atoms with Crippen molar-refractivity contribution in [1.82, 2.24) is 4.98 Å². The predicted molar refractivity (Wildman–Crippen MR) is 54.8 cm³/mol. The Balaban J connectivity index is 2.54. The standard InChI is InChI=1S/C11H9F5N2/c1-6-5-18-8(10(6,12)13)7-3-2-4-17-9(7)11(14,15)16/h2-4,6H,5H2,1H3. The molecule has 0 amide bonds. The van der Waals surface area contributed by atoms with E-state index in [4.69, 9.17) is 0 Å². The third kappa shape index (κ3) is 1.97. The van der Waals surface area contributed by atoms with E-state index in [0.29, 0.717) is 0 Å². The maximum Gasteiger partial charge on any atom is 0.434 e. The number of nitrogens with zero attached hydrogens (tertiary/aromatic N) is 2. The molecule has 0 spiro atoms. The van der Waals surface area contributed by atoms with E-state index in [2.05, 4.69) is 9.98 Å². The van der Waals surface area contributed by atoms with Crippen LogP contribution in [-0.4, -0.2) is 23.2 Å². The highest BCUT2D eigenvalue weighted by Gasteiger charge is 2.49. The first kappa shape index (κ1) is 12.9. The van der Waals surface area contributed by atoms with Gasteiger partial charge < -0.3 is 0 Å². The lowest BCUT2D eigenvalue weighted by molar-refractivity contribution is -0.141. The Hall–Kier alpha value is -1.53. The molecule has 0 aliphatic carbocycles. The maximum absolute atomic E-state index is 13.7. The van der Waals surface area contributed by atoms with Gasteiger partial charge in [-0.3, -0.25) is 9.98 Å². The largest absolute Gasteiger partial charge is 0.434 e. The molecule has 0 N–H and O–H groups in total. The van der Waals surface area contributed by atoms with Crippen molar-refractivity contribution in [1.29, 1.82) is 0 Å². The van der Waals surface area contributed by atoms with Crippen molar-refractivity contribution >= 4 is 5.71 Å². The summed E-state index contributed by atoms with van der Waals surface area (Å²) in [7, 11) is 0. The Morgan fingerprint density at radius 2 is 2.00 bits per heavy atom. The highest BCUT2D eigenvalue weighted by atomic mass is 19.4. The van der Waals surface area contributed by atoms with Crippen LogP contribution in [0.15, 0.2) is 23.3 Å². The Kier molecular flexibility index (Phi) is 2.87. The molecule has 2 nitrogen and oxygen atoms in total. The van der Waals surface area contributed by atoms with E-state index < -0.39 is 35.0 Å². The van der Waals surface area contributed by atoms with E-state index in [9.17, 15) is 22.0 Å². The number of aromatic nitrogens is 1. The van der Waals surface area contributed by atoms with E-state index in [1.54, 1.807) is 0 Å². The first-order chi connectivity index (χ1) is 8.24. The zero-order valence-corrected chi connectivity index (χ0v) is 9.30. The van der Waals surface area contributed by atoms with Gasteiger partial charge in [0.1, 0.15) is 5.71 Å². The zero-order chi connectivity index (χ0) is 13.6. The quantitative estimate of drug-likeness (QED) is 0.715. The average Bonchev–Trinajstić information content (AvgIpc) is 2.53. The number of alkyl halides is 5. The molecule has 0 fully saturated rings. The fraction of sp³-hybridized carbons (Fsp3) is 0.455. The molecule has 0 saturated carbocycles. The second-order valence-electron chi connectivity index (χ2n) is 4.11. The van der Waals surface area contributed by atoms with Crippen LogP contribution >= 0.6 is 0 Å². The molecule has 0 radical (unpaired) electrons. The summed E-state index contributed by atoms with van der Waals surface area (Å²) in [5, 5.41) is 0. The molecule has 0 bridgehead atoms. The van der Waals surface area contributed by atoms with Gasteiger partial charge >= 0.3 is 6.18 Å². The van der Waals surface area contributed by atoms with Crippen LogP contribution in [0.1, 0.15) is 18.2 Å².